The smallest absolute Gasteiger partial charge is 0.122 e. The van der Waals surface area contributed by atoms with Crippen molar-refractivity contribution in [1.82, 2.24) is 0 Å². The minimum Gasteiger partial charge on any atom is -0.491 e. The van der Waals surface area contributed by atoms with Crippen molar-refractivity contribution in [2.75, 3.05) is 24.6 Å². The Bertz CT molecular complexity index is 604. The van der Waals surface area contributed by atoms with Gasteiger partial charge < -0.3 is 9.64 Å². The maximum atomic E-state index is 6.20. The third-order valence-electron chi connectivity index (χ3n) is 5.09. The fraction of sp³-hybridized carbons (Fsp3) is 0.455. The van der Waals surface area contributed by atoms with E-state index in [0.717, 1.165) is 25.4 Å². The van der Waals surface area contributed by atoms with E-state index < -0.39 is 0 Å². The average molecular weight is 323 g/mol. The molecule has 1 aliphatic carbocycles. The van der Waals surface area contributed by atoms with Crippen LogP contribution in [0.3, 0.4) is 0 Å². The predicted octanol–water partition coefficient (Wildman–Crippen LogP) is 5.64. The summed E-state index contributed by atoms with van der Waals surface area (Å²) in [6.45, 7) is 4.84. The fourth-order valence-electron chi connectivity index (χ4n) is 3.74. The van der Waals surface area contributed by atoms with Crippen molar-refractivity contribution in [2.24, 2.45) is 0 Å². The number of hydrogen-bond acceptors (Lipinski definition) is 2. The lowest BCUT2D eigenvalue weighted by atomic mass is 9.84. The van der Waals surface area contributed by atoms with Crippen LogP contribution in [0.15, 0.2) is 54.6 Å². The Morgan fingerprint density at radius 3 is 2.38 bits per heavy atom. The highest BCUT2D eigenvalue weighted by molar-refractivity contribution is 5.45. The zero-order chi connectivity index (χ0) is 16.6. The van der Waals surface area contributed by atoms with Crippen molar-refractivity contribution in [3.63, 3.8) is 0 Å². The normalized spacial score (nSPS) is 15.2. The number of anilines is 1. The number of ether oxygens (including phenoxy) is 1. The van der Waals surface area contributed by atoms with E-state index in [0.29, 0.717) is 5.92 Å². The number of likely N-dealkylation sites (N-methyl/N-ethyl adjacent to an activating group) is 1. The molecule has 0 amide bonds. The fourth-order valence-corrected chi connectivity index (χ4v) is 3.74. The van der Waals surface area contributed by atoms with Gasteiger partial charge in [-0.15, -0.1) is 0 Å². The maximum Gasteiger partial charge on any atom is 0.122 e. The van der Waals surface area contributed by atoms with Gasteiger partial charge in [-0.2, -0.15) is 0 Å². The summed E-state index contributed by atoms with van der Waals surface area (Å²) in [6, 6.07) is 19.2. The van der Waals surface area contributed by atoms with Gasteiger partial charge in [0.15, 0.2) is 0 Å². The standard InChI is InChI=1S/C22H29NO/c1-2-23(20-13-7-4-8-14-20)17-18-24-22-16-10-9-15-21(22)19-11-5-3-6-12-19/h4,7-10,13-16,19H,2-3,5-6,11-12,17-18H2,1H3. The molecule has 0 heterocycles. The first-order valence-corrected chi connectivity index (χ1v) is 9.40. The summed E-state index contributed by atoms with van der Waals surface area (Å²) in [5.41, 5.74) is 2.68. The second kappa shape index (κ2) is 8.77. The van der Waals surface area contributed by atoms with Crippen molar-refractivity contribution in [1.29, 1.82) is 0 Å². The number of nitrogens with zero attached hydrogens (tertiary/aromatic N) is 1. The maximum absolute atomic E-state index is 6.20. The summed E-state index contributed by atoms with van der Waals surface area (Å²) >= 11 is 0. The van der Waals surface area contributed by atoms with Crippen molar-refractivity contribution >= 4 is 5.69 Å². The van der Waals surface area contributed by atoms with Gasteiger partial charge in [0.2, 0.25) is 0 Å². The van der Waals surface area contributed by atoms with E-state index >= 15 is 0 Å². The van der Waals surface area contributed by atoms with Crippen LogP contribution in [0.5, 0.6) is 5.75 Å². The van der Waals surface area contributed by atoms with Crippen LogP contribution in [0.4, 0.5) is 5.69 Å². The number of hydrogen-bond donors (Lipinski definition) is 0. The van der Waals surface area contributed by atoms with Crippen LogP contribution >= 0.6 is 0 Å². The first-order chi connectivity index (χ1) is 11.9. The second-order valence-corrected chi connectivity index (χ2v) is 6.64. The molecule has 0 unspecified atom stereocenters. The van der Waals surface area contributed by atoms with Gasteiger partial charge in [-0.25, -0.2) is 0 Å². The van der Waals surface area contributed by atoms with Crippen molar-refractivity contribution < 1.29 is 4.74 Å². The number of para-hydroxylation sites is 2. The minimum atomic E-state index is 0.686. The lowest BCUT2D eigenvalue weighted by molar-refractivity contribution is 0.314. The first kappa shape index (κ1) is 16.9. The lowest BCUT2D eigenvalue weighted by Crippen LogP contribution is -2.28. The van der Waals surface area contributed by atoms with E-state index in [1.54, 1.807) is 0 Å². The summed E-state index contributed by atoms with van der Waals surface area (Å²) in [7, 11) is 0. The highest BCUT2D eigenvalue weighted by Gasteiger charge is 2.18. The second-order valence-electron chi connectivity index (χ2n) is 6.64. The van der Waals surface area contributed by atoms with Crippen LogP contribution in [-0.4, -0.2) is 19.7 Å². The van der Waals surface area contributed by atoms with Crippen LogP contribution in [-0.2, 0) is 0 Å². The molecule has 1 fully saturated rings. The van der Waals surface area contributed by atoms with Crippen LogP contribution in [0.1, 0.15) is 50.5 Å². The number of rotatable bonds is 7. The van der Waals surface area contributed by atoms with E-state index in [4.69, 9.17) is 4.74 Å². The van der Waals surface area contributed by atoms with Crippen molar-refractivity contribution in [3.05, 3.63) is 60.2 Å². The minimum absolute atomic E-state index is 0.686. The van der Waals surface area contributed by atoms with E-state index in [-0.39, 0.29) is 0 Å². The molecule has 1 saturated carbocycles. The third-order valence-corrected chi connectivity index (χ3v) is 5.09. The Labute approximate surface area is 146 Å². The van der Waals surface area contributed by atoms with Crippen molar-refractivity contribution in [3.8, 4) is 5.75 Å². The van der Waals surface area contributed by atoms with Gasteiger partial charge in [0.1, 0.15) is 12.4 Å². The number of benzene rings is 2. The molecule has 2 heteroatoms. The van der Waals surface area contributed by atoms with Crippen molar-refractivity contribution in [2.45, 2.75) is 44.9 Å². The SMILES string of the molecule is CCN(CCOc1ccccc1C1CCCCC1)c1ccccc1. The van der Waals surface area contributed by atoms with E-state index in [2.05, 4.69) is 66.4 Å². The Morgan fingerprint density at radius 2 is 1.62 bits per heavy atom. The molecule has 2 aromatic rings. The van der Waals surface area contributed by atoms with Gasteiger partial charge in [-0.1, -0.05) is 55.7 Å². The monoisotopic (exact) mass is 323 g/mol. The Hall–Kier alpha value is -1.96. The van der Waals surface area contributed by atoms with Crippen LogP contribution in [0.2, 0.25) is 0 Å². The molecule has 0 radical (unpaired) electrons. The van der Waals surface area contributed by atoms with Gasteiger partial charge in [0, 0.05) is 12.2 Å². The molecule has 0 N–H and O–H groups in total. The van der Waals surface area contributed by atoms with Gasteiger partial charge in [-0.05, 0) is 49.4 Å². The van der Waals surface area contributed by atoms with Crippen LogP contribution < -0.4 is 9.64 Å². The summed E-state index contributed by atoms with van der Waals surface area (Å²) in [5.74, 6) is 1.78. The Balaban J connectivity index is 1.60. The predicted molar refractivity (Wildman–Crippen MR) is 102 cm³/mol. The molecule has 0 aliphatic heterocycles. The molecular formula is C22H29NO. The first-order valence-electron chi connectivity index (χ1n) is 9.40. The molecule has 0 saturated heterocycles. The van der Waals surface area contributed by atoms with E-state index in [1.165, 1.54) is 43.4 Å². The lowest BCUT2D eigenvalue weighted by Gasteiger charge is -2.26. The highest BCUT2D eigenvalue weighted by atomic mass is 16.5. The van der Waals surface area contributed by atoms with Crippen LogP contribution in [0.25, 0.3) is 0 Å². The summed E-state index contributed by atoms with van der Waals surface area (Å²) in [6.07, 6.45) is 6.73. The van der Waals surface area contributed by atoms with E-state index in [1.807, 2.05) is 0 Å². The molecule has 1 aliphatic rings. The highest BCUT2D eigenvalue weighted by Crippen LogP contribution is 2.37. The molecule has 2 nitrogen and oxygen atoms in total. The Morgan fingerprint density at radius 1 is 0.917 bits per heavy atom. The zero-order valence-electron chi connectivity index (χ0n) is 14.8. The Kier molecular flexibility index (Phi) is 6.17. The van der Waals surface area contributed by atoms with Gasteiger partial charge in [0.05, 0.1) is 6.54 Å². The molecule has 128 valence electrons. The average Bonchev–Trinajstić information content (AvgIpc) is 2.67. The summed E-state index contributed by atoms with van der Waals surface area (Å²) in [5, 5.41) is 0. The zero-order valence-corrected chi connectivity index (χ0v) is 14.8. The van der Waals surface area contributed by atoms with Gasteiger partial charge >= 0.3 is 0 Å². The van der Waals surface area contributed by atoms with Gasteiger partial charge in [0.25, 0.3) is 0 Å². The van der Waals surface area contributed by atoms with Gasteiger partial charge in [-0.3, -0.25) is 0 Å². The molecule has 3 rings (SSSR count). The molecular weight excluding hydrogens is 294 g/mol. The molecule has 0 bridgehead atoms. The molecule has 24 heavy (non-hydrogen) atoms. The quantitative estimate of drug-likeness (QED) is 0.654. The summed E-state index contributed by atoms with van der Waals surface area (Å²) < 4.78 is 6.20. The summed E-state index contributed by atoms with van der Waals surface area (Å²) in [4.78, 5) is 2.36. The van der Waals surface area contributed by atoms with E-state index in [9.17, 15) is 0 Å². The third kappa shape index (κ3) is 4.31. The van der Waals surface area contributed by atoms with Crippen LogP contribution in [0, 0.1) is 0 Å². The molecule has 0 aromatic heterocycles. The topological polar surface area (TPSA) is 12.5 Å². The molecule has 0 spiro atoms. The molecule has 2 aromatic carbocycles. The largest absolute Gasteiger partial charge is 0.491 e. The molecule has 0 atom stereocenters.